The van der Waals surface area contributed by atoms with Crippen LogP contribution < -0.4 is 0 Å². The molecule has 300 valence electrons. The normalized spacial score (nSPS) is 13.1. The fourth-order valence-corrected chi connectivity index (χ4v) is 5.78. The zero-order valence-electron chi connectivity index (χ0n) is 32.9. The summed E-state index contributed by atoms with van der Waals surface area (Å²) in [4.78, 5) is 42.8. The Labute approximate surface area is 317 Å². The first kappa shape index (κ1) is 49.8. The molecule has 0 saturated heterocycles. The van der Waals surface area contributed by atoms with Crippen LogP contribution in [0.5, 0.6) is 0 Å². The van der Waals surface area contributed by atoms with E-state index in [2.05, 4.69) is 73.1 Å². The minimum Gasteiger partial charge on any atom is -0.462 e. The standard InChI is InChI=1S/C43H75O8P/c1-3-5-7-9-11-13-15-17-19-21-23-25-27-29-31-33-35-37-42(44)49-39-41(40-50-52(46,47)48)51-43(45)38-36-34-32-30-28-26-24-22-20-18-16-14-12-10-8-6-4-2/h12,14,17-20,23,25,29,31,41H,3-11,13,15-16,21-22,24,26-28,30,32-40H2,1-2H3,(H2,46,47,48)/b14-12+,19-17+,20-18+,25-23+,31-29+/t41-/m1/s1. The Morgan fingerprint density at radius 2 is 0.885 bits per heavy atom. The molecule has 0 aliphatic rings. The Kier molecular flexibility index (Phi) is 36.8. The van der Waals surface area contributed by atoms with Crippen molar-refractivity contribution < 1.29 is 37.9 Å². The number of unbranched alkanes of at least 4 members (excludes halogenated alkanes) is 17. The molecule has 0 bridgehead atoms. The van der Waals surface area contributed by atoms with Crippen molar-refractivity contribution >= 4 is 19.8 Å². The van der Waals surface area contributed by atoms with Gasteiger partial charge in [-0.05, 0) is 77.0 Å². The van der Waals surface area contributed by atoms with Crippen molar-refractivity contribution in [2.45, 2.75) is 187 Å². The number of phosphoric acid groups is 1. The van der Waals surface area contributed by atoms with Crippen molar-refractivity contribution in [1.82, 2.24) is 0 Å². The lowest BCUT2D eigenvalue weighted by atomic mass is 10.1. The van der Waals surface area contributed by atoms with Crippen LogP contribution in [0.2, 0.25) is 0 Å². The van der Waals surface area contributed by atoms with Gasteiger partial charge in [0.05, 0.1) is 6.61 Å². The number of carbonyl (C=O) groups is 2. The van der Waals surface area contributed by atoms with E-state index in [-0.39, 0.29) is 19.4 Å². The molecule has 0 aliphatic heterocycles. The van der Waals surface area contributed by atoms with Crippen LogP contribution in [0.4, 0.5) is 0 Å². The highest BCUT2D eigenvalue weighted by Gasteiger charge is 2.22. The molecule has 0 aliphatic carbocycles. The molecule has 0 spiro atoms. The molecule has 0 aromatic carbocycles. The average Bonchev–Trinajstić information content (AvgIpc) is 3.11. The third-order valence-corrected chi connectivity index (χ3v) is 8.99. The van der Waals surface area contributed by atoms with Crippen molar-refractivity contribution in [3.63, 3.8) is 0 Å². The number of hydrogen-bond donors (Lipinski definition) is 2. The molecule has 1 atom stereocenters. The van der Waals surface area contributed by atoms with Crippen molar-refractivity contribution in [3.8, 4) is 0 Å². The van der Waals surface area contributed by atoms with E-state index in [0.717, 1.165) is 57.8 Å². The molecule has 9 heteroatoms. The molecule has 52 heavy (non-hydrogen) atoms. The summed E-state index contributed by atoms with van der Waals surface area (Å²) < 4.78 is 26.3. The van der Waals surface area contributed by atoms with Gasteiger partial charge in [0.25, 0.3) is 0 Å². The maximum absolute atomic E-state index is 12.4. The number of phosphoric ester groups is 1. The van der Waals surface area contributed by atoms with E-state index in [1.165, 1.54) is 83.5 Å². The quantitative estimate of drug-likeness (QED) is 0.0279. The van der Waals surface area contributed by atoms with Crippen LogP contribution in [-0.4, -0.2) is 41.0 Å². The SMILES string of the molecule is CCCCC/C=C/C/C=C/CCCCCCCCCC(=O)O[C@H](COC(=O)CCC/C=C/C/C=C/C/C=C/CCCCCCCC)COP(=O)(O)O. The summed E-state index contributed by atoms with van der Waals surface area (Å²) in [7, 11) is -4.77. The van der Waals surface area contributed by atoms with Crippen LogP contribution in [0.25, 0.3) is 0 Å². The number of esters is 2. The highest BCUT2D eigenvalue weighted by atomic mass is 31.2. The van der Waals surface area contributed by atoms with Gasteiger partial charge in [-0.2, -0.15) is 0 Å². The number of carbonyl (C=O) groups excluding carboxylic acids is 2. The second-order valence-electron chi connectivity index (χ2n) is 13.6. The van der Waals surface area contributed by atoms with Crippen LogP contribution >= 0.6 is 7.82 Å². The van der Waals surface area contributed by atoms with Crippen molar-refractivity contribution in [3.05, 3.63) is 60.8 Å². The molecule has 0 amide bonds. The first-order chi connectivity index (χ1) is 25.3. The lowest BCUT2D eigenvalue weighted by Crippen LogP contribution is -2.29. The maximum Gasteiger partial charge on any atom is 0.469 e. The summed E-state index contributed by atoms with van der Waals surface area (Å²) >= 11 is 0. The summed E-state index contributed by atoms with van der Waals surface area (Å²) in [6, 6.07) is 0. The summed E-state index contributed by atoms with van der Waals surface area (Å²) in [6.45, 7) is 3.60. The Hall–Kier alpha value is -2.25. The molecular weight excluding hydrogens is 675 g/mol. The molecule has 0 radical (unpaired) electrons. The fourth-order valence-electron chi connectivity index (χ4n) is 5.42. The zero-order valence-corrected chi connectivity index (χ0v) is 33.8. The summed E-state index contributed by atoms with van der Waals surface area (Å²) in [6.07, 6.45) is 48.0. The third-order valence-electron chi connectivity index (χ3n) is 8.51. The first-order valence-electron chi connectivity index (χ1n) is 20.6. The Morgan fingerprint density at radius 3 is 1.38 bits per heavy atom. The molecule has 0 heterocycles. The molecule has 0 saturated carbocycles. The number of allylic oxidation sites excluding steroid dienone is 10. The first-order valence-corrected chi connectivity index (χ1v) is 22.1. The van der Waals surface area contributed by atoms with Gasteiger partial charge in [0.2, 0.25) is 0 Å². The maximum atomic E-state index is 12.4. The Morgan fingerprint density at radius 1 is 0.500 bits per heavy atom. The molecule has 0 fully saturated rings. The highest BCUT2D eigenvalue weighted by Crippen LogP contribution is 2.36. The molecule has 2 N–H and O–H groups in total. The zero-order chi connectivity index (χ0) is 38.2. The average molecular weight is 751 g/mol. The third kappa shape index (κ3) is 40.5. The summed E-state index contributed by atoms with van der Waals surface area (Å²) in [5, 5.41) is 0. The van der Waals surface area contributed by atoms with Gasteiger partial charge in [-0.1, -0.05) is 152 Å². The van der Waals surface area contributed by atoms with E-state index >= 15 is 0 Å². The monoisotopic (exact) mass is 751 g/mol. The second-order valence-corrected chi connectivity index (χ2v) is 14.8. The van der Waals surface area contributed by atoms with Crippen LogP contribution in [0.15, 0.2) is 60.8 Å². The topological polar surface area (TPSA) is 119 Å². The fraction of sp³-hybridized carbons (Fsp3) is 0.721. The van der Waals surface area contributed by atoms with Gasteiger partial charge >= 0.3 is 19.8 Å². The van der Waals surface area contributed by atoms with Crippen LogP contribution in [0, 0.1) is 0 Å². The molecule has 0 unspecified atom stereocenters. The molecular formula is C43H75O8P. The minimum absolute atomic E-state index is 0.190. The highest BCUT2D eigenvalue weighted by molar-refractivity contribution is 7.46. The molecule has 8 nitrogen and oxygen atoms in total. The smallest absolute Gasteiger partial charge is 0.462 e. The summed E-state index contributed by atoms with van der Waals surface area (Å²) in [5.74, 6) is -0.957. The largest absolute Gasteiger partial charge is 0.469 e. The Balaban J connectivity index is 4.04. The predicted octanol–water partition coefficient (Wildman–Crippen LogP) is 12.5. The lowest BCUT2D eigenvalue weighted by molar-refractivity contribution is -0.161. The predicted molar refractivity (Wildman–Crippen MR) is 216 cm³/mol. The van der Waals surface area contributed by atoms with E-state index in [1.54, 1.807) is 0 Å². The van der Waals surface area contributed by atoms with E-state index in [1.807, 2.05) is 6.08 Å². The number of rotatable bonds is 37. The van der Waals surface area contributed by atoms with Crippen molar-refractivity contribution in [1.29, 1.82) is 0 Å². The lowest BCUT2D eigenvalue weighted by Gasteiger charge is -2.18. The Bertz CT molecular complexity index is 1030. The van der Waals surface area contributed by atoms with E-state index in [4.69, 9.17) is 19.3 Å². The van der Waals surface area contributed by atoms with Crippen LogP contribution in [0.1, 0.15) is 181 Å². The molecule has 0 rings (SSSR count). The minimum atomic E-state index is -4.77. The second kappa shape index (κ2) is 38.5. The van der Waals surface area contributed by atoms with Gasteiger partial charge in [0.1, 0.15) is 6.61 Å². The van der Waals surface area contributed by atoms with Crippen LogP contribution in [-0.2, 0) is 28.2 Å². The van der Waals surface area contributed by atoms with Gasteiger partial charge in [0.15, 0.2) is 6.10 Å². The van der Waals surface area contributed by atoms with Gasteiger partial charge in [0, 0.05) is 12.8 Å². The van der Waals surface area contributed by atoms with Gasteiger partial charge in [-0.15, -0.1) is 0 Å². The van der Waals surface area contributed by atoms with E-state index in [9.17, 15) is 14.2 Å². The van der Waals surface area contributed by atoms with Gasteiger partial charge in [-0.3, -0.25) is 14.1 Å². The van der Waals surface area contributed by atoms with Crippen molar-refractivity contribution in [2.24, 2.45) is 0 Å². The number of ether oxygens (including phenoxy) is 2. The van der Waals surface area contributed by atoms with Crippen molar-refractivity contribution in [2.75, 3.05) is 13.2 Å². The van der Waals surface area contributed by atoms with E-state index < -0.39 is 32.5 Å². The van der Waals surface area contributed by atoms with Gasteiger partial charge < -0.3 is 19.3 Å². The number of hydrogen-bond acceptors (Lipinski definition) is 6. The molecule has 0 aromatic rings. The summed E-state index contributed by atoms with van der Waals surface area (Å²) in [5.41, 5.74) is 0. The molecule has 0 aromatic heterocycles. The van der Waals surface area contributed by atoms with E-state index in [0.29, 0.717) is 12.8 Å². The van der Waals surface area contributed by atoms with Gasteiger partial charge in [-0.25, -0.2) is 4.57 Å². The van der Waals surface area contributed by atoms with Crippen LogP contribution in [0.3, 0.4) is 0 Å².